The zero-order chi connectivity index (χ0) is 19.3. The molecule has 2 aromatic heterocycles. The van der Waals surface area contributed by atoms with Gasteiger partial charge in [0.2, 0.25) is 0 Å². The molecular weight excluding hydrogens is 320 g/mol. The van der Waals surface area contributed by atoms with Crippen LogP contribution in [0.2, 0.25) is 0 Å². The fourth-order valence-corrected chi connectivity index (χ4v) is 3.73. The average Bonchev–Trinajstić information content (AvgIpc) is 2.58. The lowest BCUT2D eigenvalue weighted by Gasteiger charge is -2.20. The van der Waals surface area contributed by atoms with Gasteiger partial charge in [0.25, 0.3) is 0 Å². The fourth-order valence-electron chi connectivity index (χ4n) is 3.73. The second-order valence-corrected chi connectivity index (χ2v) is 7.37. The van der Waals surface area contributed by atoms with Crippen LogP contribution in [0.5, 0.6) is 0 Å². The molecule has 2 heterocycles. The molecule has 136 valence electrons. The van der Waals surface area contributed by atoms with Crippen molar-refractivity contribution in [3.8, 4) is 0 Å². The van der Waals surface area contributed by atoms with Crippen LogP contribution in [-0.4, -0.2) is 15.0 Å². The van der Waals surface area contributed by atoms with Gasteiger partial charge in [-0.25, -0.2) is 9.97 Å². The Morgan fingerprint density at radius 2 is 0.923 bits per heavy atom. The minimum absolute atomic E-state index is 0.778. The maximum Gasteiger partial charge on any atom is 0.153 e. The molecule has 0 spiro atoms. The van der Waals surface area contributed by atoms with Crippen LogP contribution in [0.1, 0.15) is 50.6 Å². The van der Waals surface area contributed by atoms with Gasteiger partial charge in [0.1, 0.15) is 5.82 Å². The SMILES string of the molecule is Cc1nc(C)c(Nc2nc(C)c3c(C)c(C)c(C)c(C)c3c2C)nc1C. The van der Waals surface area contributed by atoms with Gasteiger partial charge in [0.15, 0.2) is 5.82 Å². The van der Waals surface area contributed by atoms with Gasteiger partial charge in [0.05, 0.1) is 17.1 Å². The van der Waals surface area contributed by atoms with Crippen LogP contribution in [0, 0.1) is 62.3 Å². The number of aryl methyl sites for hydroxylation is 7. The van der Waals surface area contributed by atoms with Gasteiger partial charge in [0, 0.05) is 11.1 Å². The van der Waals surface area contributed by atoms with Gasteiger partial charge in [-0.1, -0.05) is 0 Å². The molecule has 4 heteroatoms. The summed E-state index contributed by atoms with van der Waals surface area (Å²) in [5, 5.41) is 6.01. The summed E-state index contributed by atoms with van der Waals surface area (Å²) in [5.74, 6) is 1.64. The average molecular weight is 348 g/mol. The minimum atomic E-state index is 0.778. The number of nitrogens with one attached hydrogen (secondary N) is 1. The van der Waals surface area contributed by atoms with Gasteiger partial charge in [-0.3, -0.25) is 4.98 Å². The van der Waals surface area contributed by atoms with Gasteiger partial charge in [-0.2, -0.15) is 0 Å². The quantitative estimate of drug-likeness (QED) is 0.660. The van der Waals surface area contributed by atoms with Crippen LogP contribution in [0.25, 0.3) is 10.8 Å². The van der Waals surface area contributed by atoms with Crippen molar-refractivity contribution in [3.05, 3.63) is 50.6 Å². The van der Waals surface area contributed by atoms with Crippen molar-refractivity contribution in [2.24, 2.45) is 0 Å². The van der Waals surface area contributed by atoms with Gasteiger partial charge < -0.3 is 5.32 Å². The highest BCUT2D eigenvalue weighted by Crippen LogP contribution is 2.36. The molecule has 1 N–H and O–H groups in total. The normalized spacial score (nSPS) is 11.3. The minimum Gasteiger partial charge on any atom is -0.323 e. The first-order chi connectivity index (χ1) is 12.1. The monoisotopic (exact) mass is 348 g/mol. The topological polar surface area (TPSA) is 50.7 Å². The first-order valence-corrected chi connectivity index (χ1v) is 9.09. The van der Waals surface area contributed by atoms with E-state index in [9.17, 15) is 0 Å². The molecule has 0 bridgehead atoms. The third-order valence-corrected chi connectivity index (χ3v) is 5.78. The molecule has 0 radical (unpaired) electrons. The van der Waals surface area contributed by atoms with Gasteiger partial charge in [-0.15, -0.1) is 0 Å². The van der Waals surface area contributed by atoms with E-state index in [1.165, 1.54) is 33.0 Å². The highest BCUT2D eigenvalue weighted by atomic mass is 15.1. The Morgan fingerprint density at radius 3 is 1.54 bits per heavy atom. The van der Waals surface area contributed by atoms with E-state index in [-0.39, 0.29) is 0 Å². The predicted molar refractivity (Wildman–Crippen MR) is 110 cm³/mol. The maximum absolute atomic E-state index is 4.88. The third-order valence-electron chi connectivity index (χ3n) is 5.78. The Hall–Kier alpha value is -2.49. The van der Waals surface area contributed by atoms with E-state index in [0.29, 0.717) is 0 Å². The van der Waals surface area contributed by atoms with Crippen molar-refractivity contribution in [1.82, 2.24) is 15.0 Å². The number of hydrogen-bond donors (Lipinski definition) is 1. The predicted octanol–water partition coefficient (Wildman–Crippen LogP) is 5.54. The fraction of sp³-hybridized carbons (Fsp3) is 0.409. The molecule has 0 fully saturated rings. The Kier molecular flexibility index (Phi) is 4.47. The molecular formula is C22H28N4. The number of pyridine rings is 1. The highest BCUT2D eigenvalue weighted by Gasteiger charge is 2.17. The molecule has 0 aliphatic rings. The number of hydrogen-bond acceptors (Lipinski definition) is 4. The Bertz CT molecular complexity index is 1050. The number of nitrogens with zero attached hydrogens (tertiary/aromatic N) is 3. The van der Waals surface area contributed by atoms with E-state index >= 15 is 0 Å². The summed E-state index contributed by atoms with van der Waals surface area (Å²) in [4.78, 5) is 14.1. The Balaban J connectivity index is 2.27. The summed E-state index contributed by atoms with van der Waals surface area (Å²) >= 11 is 0. The second kappa shape index (κ2) is 6.35. The van der Waals surface area contributed by atoms with Crippen molar-refractivity contribution in [2.75, 3.05) is 5.32 Å². The zero-order valence-corrected chi connectivity index (χ0v) is 17.3. The van der Waals surface area contributed by atoms with Crippen molar-refractivity contribution < 1.29 is 0 Å². The molecule has 4 nitrogen and oxygen atoms in total. The van der Waals surface area contributed by atoms with E-state index in [1.54, 1.807) is 0 Å². The smallest absolute Gasteiger partial charge is 0.153 e. The van der Waals surface area contributed by atoms with Crippen molar-refractivity contribution >= 4 is 22.4 Å². The molecule has 1 aromatic carbocycles. The van der Waals surface area contributed by atoms with Gasteiger partial charge in [-0.05, 0) is 95.5 Å². The van der Waals surface area contributed by atoms with Crippen LogP contribution in [0.4, 0.5) is 11.6 Å². The van der Waals surface area contributed by atoms with E-state index in [1.807, 2.05) is 20.8 Å². The van der Waals surface area contributed by atoms with Crippen molar-refractivity contribution in [1.29, 1.82) is 0 Å². The molecule has 0 unspecified atom stereocenters. The number of anilines is 2. The Labute approximate surface area is 156 Å². The molecule has 0 aliphatic carbocycles. The van der Waals surface area contributed by atoms with Crippen LogP contribution >= 0.6 is 0 Å². The number of rotatable bonds is 2. The first kappa shape index (κ1) is 18.3. The van der Waals surface area contributed by atoms with Crippen molar-refractivity contribution in [2.45, 2.75) is 62.3 Å². The number of aromatic nitrogens is 3. The molecule has 3 rings (SSSR count). The number of benzene rings is 1. The molecule has 0 atom stereocenters. The second-order valence-electron chi connectivity index (χ2n) is 7.37. The molecule has 0 aliphatic heterocycles. The van der Waals surface area contributed by atoms with Crippen LogP contribution in [0.3, 0.4) is 0 Å². The summed E-state index contributed by atoms with van der Waals surface area (Å²) in [6, 6.07) is 0. The summed E-state index contributed by atoms with van der Waals surface area (Å²) in [7, 11) is 0. The third kappa shape index (κ3) is 2.74. The van der Waals surface area contributed by atoms with Crippen LogP contribution in [-0.2, 0) is 0 Å². The Morgan fingerprint density at radius 1 is 0.423 bits per heavy atom. The standard InChI is InChI=1S/C22H28N4/c1-10-11(2)13(4)20-17(8)25-21(14(5)19(20)12(10)3)26-22-18(9)23-15(6)16(7)24-22/h1-9H3,(H,24,25,26). The first-order valence-electron chi connectivity index (χ1n) is 9.09. The molecule has 0 saturated carbocycles. The lowest BCUT2D eigenvalue weighted by atomic mass is 9.89. The zero-order valence-electron chi connectivity index (χ0n) is 17.3. The van der Waals surface area contributed by atoms with Gasteiger partial charge >= 0.3 is 0 Å². The highest BCUT2D eigenvalue weighted by molar-refractivity contribution is 5.97. The largest absolute Gasteiger partial charge is 0.323 e. The van der Waals surface area contributed by atoms with Crippen molar-refractivity contribution in [3.63, 3.8) is 0 Å². The van der Waals surface area contributed by atoms with E-state index in [0.717, 1.165) is 40.0 Å². The summed E-state index contributed by atoms with van der Waals surface area (Å²) < 4.78 is 0. The van der Waals surface area contributed by atoms with E-state index < -0.39 is 0 Å². The molecule has 0 saturated heterocycles. The molecule has 3 aromatic rings. The summed E-state index contributed by atoms with van der Waals surface area (Å²) in [6.07, 6.45) is 0. The lowest BCUT2D eigenvalue weighted by Crippen LogP contribution is -2.07. The molecule has 26 heavy (non-hydrogen) atoms. The van der Waals surface area contributed by atoms with E-state index in [4.69, 9.17) is 4.98 Å². The van der Waals surface area contributed by atoms with Crippen LogP contribution < -0.4 is 5.32 Å². The lowest BCUT2D eigenvalue weighted by molar-refractivity contribution is 1.00. The van der Waals surface area contributed by atoms with Crippen LogP contribution in [0.15, 0.2) is 0 Å². The number of fused-ring (bicyclic) bond motifs is 1. The maximum atomic E-state index is 4.88. The summed E-state index contributed by atoms with van der Waals surface area (Å²) in [5.41, 5.74) is 10.4. The van der Waals surface area contributed by atoms with E-state index in [2.05, 4.69) is 56.8 Å². The molecule has 0 amide bonds. The summed E-state index contributed by atoms with van der Waals surface area (Å²) in [6.45, 7) is 19.0.